The van der Waals surface area contributed by atoms with Crippen LogP contribution >= 0.6 is 0 Å². The Morgan fingerprint density at radius 3 is 1.78 bits per heavy atom. The lowest BCUT2D eigenvalue weighted by Gasteiger charge is -2.34. The average molecular weight is 1420 g/mol. The van der Waals surface area contributed by atoms with E-state index in [1.165, 1.54) is 44.2 Å². The fraction of sp³-hybridized carbons (Fsp3) is 0.697. The summed E-state index contributed by atoms with van der Waals surface area (Å²) in [6, 6.07) is -11.3. The number of carbonyl (C=O) groups is 13. The zero-order chi connectivity index (χ0) is 75.5. The van der Waals surface area contributed by atoms with E-state index < -0.39 is 210 Å². The molecule has 1 aromatic carbocycles. The molecule has 1 aliphatic heterocycles. The van der Waals surface area contributed by atoms with Crippen LogP contribution in [0.2, 0.25) is 0 Å². The third-order valence-electron chi connectivity index (χ3n) is 16.7. The number of primary amides is 1. The number of rotatable bonds is 24. The van der Waals surface area contributed by atoms with E-state index >= 15 is 14.4 Å². The molecule has 3 rings (SSSR count). The number of ether oxygens (including phenoxy) is 2. The van der Waals surface area contributed by atoms with Crippen molar-refractivity contribution in [1.29, 1.82) is 5.41 Å². The molecule has 100 heavy (non-hydrogen) atoms. The molecule has 0 aromatic heterocycles. The fourth-order valence-electron chi connectivity index (χ4n) is 11.1. The minimum absolute atomic E-state index is 0.00264. The van der Waals surface area contributed by atoms with Crippen LogP contribution < -0.4 is 75.3 Å². The summed E-state index contributed by atoms with van der Waals surface area (Å²) in [5.41, 5.74) is 9.81. The summed E-state index contributed by atoms with van der Waals surface area (Å²) in [5.74, 6) is -17.7. The van der Waals surface area contributed by atoms with Crippen molar-refractivity contribution >= 4 is 83.0 Å². The van der Waals surface area contributed by atoms with Crippen molar-refractivity contribution in [3.63, 3.8) is 0 Å². The summed E-state index contributed by atoms with van der Waals surface area (Å²) in [4.78, 5) is 186. The molecule has 1 saturated heterocycles. The molecule has 1 heterocycles. The van der Waals surface area contributed by atoms with E-state index in [-0.39, 0.29) is 56.6 Å². The van der Waals surface area contributed by atoms with Gasteiger partial charge in [-0.25, -0.2) is 9.59 Å². The first-order chi connectivity index (χ1) is 46.8. The molecule has 1 aromatic rings. The maximum atomic E-state index is 15.6. The maximum Gasteiger partial charge on any atom is 0.408 e. The zero-order valence-electron chi connectivity index (χ0n) is 59.3. The van der Waals surface area contributed by atoms with Crippen molar-refractivity contribution < 1.29 is 92.2 Å². The third-order valence-corrected chi connectivity index (χ3v) is 16.7. The Morgan fingerprint density at radius 2 is 1.23 bits per heavy atom. The summed E-state index contributed by atoms with van der Waals surface area (Å²) in [6.07, 6.45) is -5.08. The number of nitrogens with one attached hydrogen (secondary N) is 13. The molecule has 0 radical (unpaired) electrons. The monoisotopic (exact) mass is 1420 g/mol. The molecule has 2 aliphatic rings. The van der Waals surface area contributed by atoms with Crippen LogP contribution in [0.15, 0.2) is 30.3 Å². The number of alkyl carbamates (subject to hydrolysis) is 1. The van der Waals surface area contributed by atoms with E-state index in [4.69, 9.17) is 26.4 Å². The normalized spacial score (nSPS) is 24.6. The van der Waals surface area contributed by atoms with Gasteiger partial charge in [0.2, 0.25) is 65.0 Å². The number of aliphatic hydroxyl groups excluding tert-OH is 4. The largest absolute Gasteiger partial charge is 0.453 e. The molecule has 0 bridgehead atoms. The van der Waals surface area contributed by atoms with E-state index in [0.29, 0.717) is 0 Å². The lowest BCUT2D eigenvalue weighted by atomic mass is 9.84. The molecule has 0 spiro atoms. The topological polar surface area (TPSA) is 542 Å². The highest BCUT2D eigenvalue weighted by Crippen LogP contribution is 2.29. The van der Waals surface area contributed by atoms with Crippen LogP contribution in [0.5, 0.6) is 0 Å². The van der Waals surface area contributed by atoms with Crippen molar-refractivity contribution in [2.24, 2.45) is 41.1 Å². The molecule has 2 unspecified atom stereocenters. The van der Waals surface area contributed by atoms with E-state index in [1.54, 1.807) is 62.3 Å². The molecule has 34 nitrogen and oxygen atoms in total. The van der Waals surface area contributed by atoms with Crippen LogP contribution in [-0.4, -0.2) is 207 Å². The number of benzene rings is 1. The van der Waals surface area contributed by atoms with Crippen LogP contribution in [0.4, 0.5) is 4.79 Å². The number of aliphatic hydroxyl groups is 4. The van der Waals surface area contributed by atoms with Gasteiger partial charge in [-0.1, -0.05) is 124 Å². The van der Waals surface area contributed by atoms with Gasteiger partial charge < -0.3 is 105 Å². The summed E-state index contributed by atoms with van der Waals surface area (Å²) < 4.78 is 11.5. The number of guanidine groups is 1. The van der Waals surface area contributed by atoms with E-state index in [1.807, 2.05) is 10.6 Å². The van der Waals surface area contributed by atoms with Gasteiger partial charge >= 0.3 is 12.1 Å². The Bertz CT molecular complexity index is 2960. The summed E-state index contributed by atoms with van der Waals surface area (Å²) >= 11 is 0. The summed E-state index contributed by atoms with van der Waals surface area (Å²) in [6.45, 7) is 16.6. The summed E-state index contributed by atoms with van der Waals surface area (Å²) in [5, 5.41) is 81.6. The number of nitrogens with two attached hydrogens (primary N) is 2. The smallest absolute Gasteiger partial charge is 0.408 e. The van der Waals surface area contributed by atoms with Gasteiger partial charge in [-0.3, -0.25) is 58.1 Å². The molecule has 562 valence electrons. The minimum atomic E-state index is -2.60. The Hall–Kier alpha value is -8.76. The van der Waals surface area contributed by atoms with Gasteiger partial charge in [-0.05, 0) is 95.0 Å². The first-order valence-corrected chi connectivity index (χ1v) is 34.1. The first kappa shape index (κ1) is 85.5. The molecule has 12 amide bonds. The standard InChI is InChI=1S/C66H109N15O19/c1-13-35(8)45-59(93)79-46(36(9)83)58(92)71-30-44(84)77-48(51(86)53(67)87)61(95)75-43(31-82)63(97)99-52(38-23-18-15-19-24-38)49(81-57(91)41(28-33(4)5)73-56(90)42(29-37-21-16-14-17-22-37)76-65(98)100-66(10,11)12)62(96)80-47(50(85)34(6)7)60(94)74-40(27-32(2)3)55(89)72-39(54(88)78-45)25-20-26-70-64(68)69/h15,18-19,23-24,32-37,39-43,45-52,82-83,85-86H,13-14,16-17,20-22,25-31H2,1-12H3,(H2,67,87)(H,71,92)(H,72,89)(H,73,90)(H,74,94)(H,75,95)(H,76,98)(H,77,84)(H,78,88)(H,79,93)(H,80,96)(H,81,91)(H4,68,69,70)/t35-,36-,39+,40-,41-,42-,43-,45?,46?,47-,48-,49-,50+,51-,52+/m0/s1. The van der Waals surface area contributed by atoms with Crippen molar-refractivity contribution in [2.75, 3.05) is 19.7 Å². The minimum Gasteiger partial charge on any atom is -0.453 e. The number of esters is 1. The second-order valence-electron chi connectivity index (χ2n) is 27.8. The van der Waals surface area contributed by atoms with Gasteiger partial charge in [0.15, 0.2) is 24.2 Å². The lowest BCUT2D eigenvalue weighted by Crippen LogP contribution is -2.64. The third kappa shape index (κ3) is 28.5. The predicted molar refractivity (Wildman–Crippen MR) is 362 cm³/mol. The van der Waals surface area contributed by atoms with Crippen molar-refractivity contribution in [3.05, 3.63) is 35.9 Å². The van der Waals surface area contributed by atoms with Crippen LogP contribution in [0.25, 0.3) is 0 Å². The number of cyclic esters (lactones) is 1. The number of hydrogen-bond acceptors (Lipinski definition) is 20. The number of hydrogen-bond donors (Lipinski definition) is 19. The highest BCUT2D eigenvalue weighted by molar-refractivity contribution is 6.00. The molecule has 1 saturated carbocycles. The number of carbonyl (C=O) groups excluding carboxylic acids is 13. The van der Waals surface area contributed by atoms with Crippen LogP contribution in [0.1, 0.15) is 165 Å². The molecule has 21 N–H and O–H groups in total. The second-order valence-corrected chi connectivity index (χ2v) is 27.8. The molecular formula is C66H109N15O19. The van der Waals surface area contributed by atoms with E-state index in [0.717, 1.165) is 39.0 Å². The molecular weight excluding hydrogens is 1310 g/mol. The fourth-order valence-corrected chi connectivity index (χ4v) is 11.1. The quantitative estimate of drug-likeness (QED) is 0.0216. The van der Waals surface area contributed by atoms with E-state index in [9.17, 15) is 68.4 Å². The van der Waals surface area contributed by atoms with Crippen molar-refractivity contribution in [1.82, 2.24) is 63.8 Å². The Labute approximate surface area is 583 Å². The summed E-state index contributed by atoms with van der Waals surface area (Å²) in [7, 11) is 0. The Kier molecular flexibility index (Phi) is 35.1. The highest BCUT2D eigenvalue weighted by Gasteiger charge is 2.44. The van der Waals surface area contributed by atoms with E-state index in [2.05, 4.69) is 53.2 Å². The second kappa shape index (κ2) is 41.1. The maximum absolute atomic E-state index is 15.6. The molecule has 34 heteroatoms. The molecule has 1 aliphatic carbocycles. The van der Waals surface area contributed by atoms with Gasteiger partial charge in [0.05, 0.1) is 25.4 Å². The zero-order valence-corrected chi connectivity index (χ0v) is 59.3. The molecule has 2 fully saturated rings. The SMILES string of the molecule is CC[C@H](C)C1NC(=O)[C@@H](CCCNC(=N)N)NC(=O)[C@H](CC(C)C)NC(=O)[C@H]([C@H](O)C(C)C)NC(=O)[C@@H](NC(=O)[C@H](CC(C)C)NC(=O)[C@H](CC2CCCCC2)NC(=O)OC(C)(C)C)[C@@H](c2ccccc2)OC(=O)[C@H](CO)NC(=O)[C@H]([C@H](O)C(N)=O)NC(=O)CNC(=O)C([C@H](C)O)NC1=O. The Balaban J connectivity index is 2.43. The lowest BCUT2D eigenvalue weighted by molar-refractivity contribution is -0.159. The van der Waals surface area contributed by atoms with Crippen molar-refractivity contribution in [3.8, 4) is 0 Å². The van der Waals surface area contributed by atoms with Gasteiger partial charge in [0.25, 0.3) is 0 Å². The van der Waals surface area contributed by atoms with Crippen molar-refractivity contribution in [2.45, 2.75) is 244 Å². The van der Waals surface area contributed by atoms with Gasteiger partial charge in [0.1, 0.15) is 60.0 Å². The predicted octanol–water partition coefficient (Wildman–Crippen LogP) is -2.73. The highest BCUT2D eigenvalue weighted by atomic mass is 16.6. The average Bonchev–Trinajstić information content (AvgIpc) is 0.831. The molecule has 15 atom stereocenters. The van der Waals surface area contributed by atoms with Crippen LogP contribution in [-0.2, 0) is 67.0 Å². The van der Waals surface area contributed by atoms with Crippen LogP contribution in [0.3, 0.4) is 0 Å². The Morgan fingerprint density at radius 1 is 0.660 bits per heavy atom. The van der Waals surface area contributed by atoms with Gasteiger partial charge in [-0.2, -0.15) is 0 Å². The van der Waals surface area contributed by atoms with Crippen LogP contribution in [0, 0.1) is 35.0 Å². The van der Waals surface area contributed by atoms with Gasteiger partial charge in [0, 0.05) is 6.54 Å². The number of amides is 12. The first-order valence-electron chi connectivity index (χ1n) is 34.1. The van der Waals surface area contributed by atoms with Gasteiger partial charge in [-0.15, -0.1) is 0 Å².